The quantitative estimate of drug-likeness (QED) is 0.507. The molecule has 4 rings (SSSR count). The number of aryl methyl sites for hydroxylation is 1. The molecule has 152 valence electrons. The largest absolute Gasteiger partial charge is 0.467 e. The summed E-state index contributed by atoms with van der Waals surface area (Å²) in [5, 5.41) is 0. The zero-order valence-corrected chi connectivity index (χ0v) is 16.4. The highest BCUT2D eigenvalue weighted by molar-refractivity contribution is 5.79. The lowest BCUT2D eigenvalue weighted by atomic mass is 10.1. The van der Waals surface area contributed by atoms with Gasteiger partial charge in [0.25, 0.3) is 5.56 Å². The summed E-state index contributed by atoms with van der Waals surface area (Å²) in [7, 11) is 0. The number of nitrogens with one attached hydrogen (secondary N) is 1. The van der Waals surface area contributed by atoms with Gasteiger partial charge in [-0.2, -0.15) is 0 Å². The monoisotopic (exact) mass is 404 g/mol. The Hall–Kier alpha value is -3.94. The third kappa shape index (κ3) is 4.38. The highest BCUT2D eigenvalue weighted by Gasteiger charge is 2.21. The summed E-state index contributed by atoms with van der Waals surface area (Å²) >= 11 is 0. The minimum Gasteiger partial charge on any atom is -0.467 e. The molecule has 1 N–H and O–H groups in total. The maximum Gasteiger partial charge on any atom is 0.255 e. The molecule has 4 aromatic rings. The standard InChI is InChI=1S/C22H20N4O4/c1-15-19(22(28)25-21(24-15)16-5-2-8-23-12-16)11-20(27)26(13-17-6-3-9-29-17)14-18-7-4-10-30-18/h2-10,12H,11,13-14H2,1H3,(H,24,25,28). The molecule has 0 saturated carbocycles. The highest BCUT2D eigenvalue weighted by atomic mass is 16.3. The topological polar surface area (TPSA) is 105 Å². The summed E-state index contributed by atoms with van der Waals surface area (Å²) in [6, 6.07) is 10.7. The van der Waals surface area contributed by atoms with Gasteiger partial charge in [-0.1, -0.05) is 0 Å². The Morgan fingerprint density at radius 3 is 2.30 bits per heavy atom. The number of aromatic nitrogens is 3. The van der Waals surface area contributed by atoms with Gasteiger partial charge in [-0.05, 0) is 43.3 Å². The van der Waals surface area contributed by atoms with Crippen LogP contribution in [0.1, 0.15) is 22.8 Å². The molecular formula is C22H20N4O4. The molecule has 0 spiro atoms. The summed E-state index contributed by atoms with van der Waals surface area (Å²) in [6.07, 6.45) is 6.30. The van der Waals surface area contributed by atoms with Gasteiger partial charge in [0.15, 0.2) is 0 Å². The molecule has 8 heteroatoms. The minimum atomic E-state index is -0.342. The molecule has 0 aliphatic heterocycles. The van der Waals surface area contributed by atoms with Crippen molar-refractivity contribution in [3.8, 4) is 11.4 Å². The lowest BCUT2D eigenvalue weighted by molar-refractivity contribution is -0.132. The third-order valence-electron chi connectivity index (χ3n) is 4.69. The molecule has 4 aromatic heterocycles. The lowest BCUT2D eigenvalue weighted by Crippen LogP contribution is -2.33. The first-order valence-corrected chi connectivity index (χ1v) is 9.43. The van der Waals surface area contributed by atoms with Crippen molar-refractivity contribution in [2.24, 2.45) is 0 Å². The van der Waals surface area contributed by atoms with Crippen LogP contribution in [0.25, 0.3) is 11.4 Å². The molecule has 0 bridgehead atoms. The van der Waals surface area contributed by atoms with Gasteiger partial charge in [0.05, 0.1) is 32.0 Å². The van der Waals surface area contributed by atoms with Gasteiger partial charge >= 0.3 is 0 Å². The fraction of sp³-hybridized carbons (Fsp3) is 0.182. The number of rotatable bonds is 7. The van der Waals surface area contributed by atoms with Crippen LogP contribution in [0.3, 0.4) is 0 Å². The molecule has 8 nitrogen and oxygen atoms in total. The molecule has 0 aliphatic rings. The van der Waals surface area contributed by atoms with Gasteiger partial charge in [0.2, 0.25) is 5.91 Å². The first kappa shape index (κ1) is 19.4. The number of nitrogens with zero attached hydrogens (tertiary/aromatic N) is 3. The van der Waals surface area contributed by atoms with Crippen LogP contribution in [0.5, 0.6) is 0 Å². The first-order chi connectivity index (χ1) is 14.6. The molecule has 0 atom stereocenters. The molecule has 0 aliphatic carbocycles. The van der Waals surface area contributed by atoms with E-state index in [9.17, 15) is 9.59 Å². The normalized spacial score (nSPS) is 10.8. The van der Waals surface area contributed by atoms with E-state index in [-0.39, 0.29) is 31.0 Å². The summed E-state index contributed by atoms with van der Waals surface area (Å²) in [6.45, 7) is 2.26. The molecule has 30 heavy (non-hydrogen) atoms. The van der Waals surface area contributed by atoms with Gasteiger partial charge in [-0.25, -0.2) is 4.98 Å². The Labute approximate surface area is 172 Å². The van der Waals surface area contributed by atoms with E-state index in [4.69, 9.17) is 8.83 Å². The number of hydrogen-bond donors (Lipinski definition) is 1. The van der Waals surface area contributed by atoms with E-state index < -0.39 is 0 Å². The molecule has 0 unspecified atom stereocenters. The SMILES string of the molecule is Cc1nc(-c2cccnc2)[nH]c(=O)c1CC(=O)N(Cc1ccco1)Cc1ccco1. The van der Waals surface area contributed by atoms with E-state index in [0.29, 0.717) is 34.2 Å². The number of pyridine rings is 1. The van der Waals surface area contributed by atoms with E-state index in [1.807, 2.05) is 6.07 Å². The zero-order chi connectivity index (χ0) is 20.9. The van der Waals surface area contributed by atoms with Crippen molar-refractivity contribution in [2.45, 2.75) is 26.4 Å². The van der Waals surface area contributed by atoms with Crippen LogP contribution in [0.2, 0.25) is 0 Å². The Balaban J connectivity index is 1.57. The molecule has 4 heterocycles. The Morgan fingerprint density at radius 1 is 1.07 bits per heavy atom. The number of amides is 1. The number of carbonyl (C=O) groups is 1. The van der Waals surface area contributed by atoms with Crippen LogP contribution >= 0.6 is 0 Å². The van der Waals surface area contributed by atoms with Crippen LogP contribution < -0.4 is 5.56 Å². The van der Waals surface area contributed by atoms with E-state index in [2.05, 4.69) is 15.0 Å². The molecule has 1 amide bonds. The van der Waals surface area contributed by atoms with Crippen molar-refractivity contribution in [2.75, 3.05) is 0 Å². The number of hydrogen-bond acceptors (Lipinski definition) is 6. The van der Waals surface area contributed by atoms with E-state index in [1.54, 1.807) is 67.1 Å². The number of aromatic amines is 1. The average Bonchev–Trinajstić information content (AvgIpc) is 3.45. The maximum atomic E-state index is 13.1. The molecule has 0 fully saturated rings. The summed E-state index contributed by atoms with van der Waals surface area (Å²) in [4.78, 5) is 38.6. The number of furan rings is 2. The zero-order valence-electron chi connectivity index (χ0n) is 16.4. The van der Waals surface area contributed by atoms with Gasteiger partial charge in [-0.3, -0.25) is 14.6 Å². The Bertz CT molecular complexity index is 1130. The van der Waals surface area contributed by atoms with Gasteiger partial charge in [-0.15, -0.1) is 0 Å². The van der Waals surface area contributed by atoms with E-state index in [0.717, 1.165) is 0 Å². The van der Waals surface area contributed by atoms with Crippen LogP contribution in [0.15, 0.2) is 74.9 Å². The van der Waals surface area contributed by atoms with Crippen LogP contribution in [-0.4, -0.2) is 25.8 Å². The number of carbonyl (C=O) groups excluding carboxylic acids is 1. The van der Waals surface area contributed by atoms with E-state index in [1.165, 1.54) is 0 Å². The van der Waals surface area contributed by atoms with Crippen molar-refractivity contribution in [3.05, 3.63) is 94.4 Å². The van der Waals surface area contributed by atoms with Crippen molar-refractivity contribution in [3.63, 3.8) is 0 Å². The fourth-order valence-electron chi connectivity index (χ4n) is 3.13. The predicted octanol–water partition coefficient (Wildman–Crippen LogP) is 3.10. The predicted molar refractivity (Wildman–Crippen MR) is 108 cm³/mol. The van der Waals surface area contributed by atoms with Crippen LogP contribution in [-0.2, 0) is 24.3 Å². The number of H-pyrrole nitrogens is 1. The second-order valence-electron chi connectivity index (χ2n) is 6.81. The second kappa shape index (κ2) is 8.60. The fourth-order valence-corrected chi connectivity index (χ4v) is 3.13. The van der Waals surface area contributed by atoms with Gasteiger partial charge in [0.1, 0.15) is 17.3 Å². The van der Waals surface area contributed by atoms with Crippen molar-refractivity contribution < 1.29 is 13.6 Å². The second-order valence-corrected chi connectivity index (χ2v) is 6.81. The minimum absolute atomic E-state index is 0.0805. The van der Waals surface area contributed by atoms with Crippen LogP contribution in [0, 0.1) is 6.92 Å². The van der Waals surface area contributed by atoms with Crippen molar-refractivity contribution in [1.29, 1.82) is 0 Å². The van der Waals surface area contributed by atoms with Gasteiger partial charge < -0.3 is 18.7 Å². The highest BCUT2D eigenvalue weighted by Crippen LogP contribution is 2.16. The van der Waals surface area contributed by atoms with E-state index >= 15 is 0 Å². The summed E-state index contributed by atoms with van der Waals surface area (Å²) in [5.41, 5.74) is 1.19. The summed E-state index contributed by atoms with van der Waals surface area (Å²) < 4.78 is 10.8. The Morgan fingerprint density at radius 2 is 1.77 bits per heavy atom. The molecule has 0 radical (unpaired) electrons. The summed E-state index contributed by atoms with van der Waals surface area (Å²) in [5.74, 6) is 1.48. The Kier molecular flexibility index (Phi) is 5.56. The molecular weight excluding hydrogens is 384 g/mol. The lowest BCUT2D eigenvalue weighted by Gasteiger charge is -2.21. The van der Waals surface area contributed by atoms with Gasteiger partial charge in [0, 0.05) is 29.2 Å². The van der Waals surface area contributed by atoms with Crippen molar-refractivity contribution in [1.82, 2.24) is 19.9 Å². The smallest absolute Gasteiger partial charge is 0.255 e. The maximum absolute atomic E-state index is 13.1. The molecule has 0 aromatic carbocycles. The first-order valence-electron chi connectivity index (χ1n) is 9.43. The van der Waals surface area contributed by atoms with Crippen LogP contribution in [0.4, 0.5) is 0 Å². The third-order valence-corrected chi connectivity index (χ3v) is 4.69. The average molecular weight is 404 g/mol. The molecule has 0 saturated heterocycles. The van der Waals surface area contributed by atoms with Crippen molar-refractivity contribution >= 4 is 5.91 Å².